The van der Waals surface area contributed by atoms with Crippen molar-refractivity contribution in [3.05, 3.63) is 56.3 Å². The van der Waals surface area contributed by atoms with Gasteiger partial charge in [0.1, 0.15) is 0 Å². The van der Waals surface area contributed by atoms with Gasteiger partial charge in [0.2, 0.25) is 4.80 Å². The van der Waals surface area contributed by atoms with Crippen LogP contribution in [0.2, 0.25) is 0 Å². The molecule has 0 amide bonds. The Labute approximate surface area is 131 Å². The highest BCUT2D eigenvalue weighted by Crippen LogP contribution is 2.19. The third-order valence-electron chi connectivity index (χ3n) is 3.06. The van der Waals surface area contributed by atoms with Gasteiger partial charge in [-0.1, -0.05) is 30.1 Å². The summed E-state index contributed by atoms with van der Waals surface area (Å²) in [6, 6.07) is 4.81. The van der Waals surface area contributed by atoms with Crippen LogP contribution in [0.3, 0.4) is 0 Å². The Morgan fingerprint density at radius 3 is 2.68 bits per heavy atom. The lowest BCUT2D eigenvalue weighted by molar-refractivity contribution is -0.385. The molecule has 0 aliphatic heterocycles. The molecule has 0 saturated carbocycles. The van der Waals surface area contributed by atoms with Crippen LogP contribution >= 0.6 is 11.3 Å². The summed E-state index contributed by atoms with van der Waals surface area (Å²) in [6.07, 6.45) is 1.62. The monoisotopic (exact) mass is 339 g/mol. The summed E-state index contributed by atoms with van der Waals surface area (Å²) in [6.45, 7) is 5.49. The summed E-state index contributed by atoms with van der Waals surface area (Å²) in [5, 5.41) is 10.7. The SMILES string of the molecule is C=Cc1s/c(=N/S(=O)(=O)c2cccc([N+](=O)[O-])c2)n(C)c1C. The molecule has 22 heavy (non-hydrogen) atoms. The summed E-state index contributed by atoms with van der Waals surface area (Å²) < 4.78 is 30.0. The summed E-state index contributed by atoms with van der Waals surface area (Å²) in [4.78, 5) is 11.0. The van der Waals surface area contributed by atoms with Crippen LogP contribution in [0, 0.1) is 17.0 Å². The normalized spacial score (nSPS) is 12.4. The zero-order valence-corrected chi connectivity index (χ0v) is 13.5. The van der Waals surface area contributed by atoms with E-state index in [-0.39, 0.29) is 15.4 Å². The van der Waals surface area contributed by atoms with Crippen LogP contribution in [0.4, 0.5) is 5.69 Å². The molecule has 0 aliphatic carbocycles. The first kappa shape index (κ1) is 16.1. The zero-order chi connectivity index (χ0) is 16.5. The van der Waals surface area contributed by atoms with E-state index in [1.54, 1.807) is 17.7 Å². The van der Waals surface area contributed by atoms with E-state index < -0.39 is 14.9 Å². The highest BCUT2D eigenvalue weighted by atomic mass is 32.2. The van der Waals surface area contributed by atoms with Crippen molar-refractivity contribution >= 4 is 33.1 Å². The topological polar surface area (TPSA) is 94.6 Å². The second-order valence-corrected chi connectivity index (χ2v) is 7.03. The molecule has 0 bridgehead atoms. The maximum atomic E-state index is 12.3. The molecule has 2 aromatic rings. The van der Waals surface area contributed by atoms with Gasteiger partial charge in [0, 0.05) is 29.8 Å². The smallest absolute Gasteiger partial charge is 0.285 e. The van der Waals surface area contributed by atoms with Gasteiger partial charge in [0.15, 0.2) is 0 Å². The molecule has 0 N–H and O–H groups in total. The van der Waals surface area contributed by atoms with E-state index in [4.69, 9.17) is 0 Å². The lowest BCUT2D eigenvalue weighted by atomic mass is 10.3. The van der Waals surface area contributed by atoms with Gasteiger partial charge >= 0.3 is 0 Å². The second-order valence-electron chi connectivity index (χ2n) is 4.42. The van der Waals surface area contributed by atoms with E-state index in [1.165, 1.54) is 29.5 Å². The minimum atomic E-state index is -4.03. The molecule has 0 radical (unpaired) electrons. The fraction of sp³-hybridized carbons (Fsp3) is 0.154. The van der Waals surface area contributed by atoms with Crippen LogP contribution in [-0.4, -0.2) is 17.9 Å². The van der Waals surface area contributed by atoms with E-state index >= 15 is 0 Å². The first-order chi connectivity index (χ1) is 10.3. The minimum Gasteiger partial charge on any atom is -0.323 e. The van der Waals surface area contributed by atoms with E-state index in [1.807, 2.05) is 6.92 Å². The number of non-ortho nitro benzene ring substituents is 1. The quantitative estimate of drug-likeness (QED) is 0.630. The van der Waals surface area contributed by atoms with Crippen LogP contribution < -0.4 is 4.80 Å². The van der Waals surface area contributed by atoms with Gasteiger partial charge in [-0.15, -0.1) is 4.40 Å². The summed E-state index contributed by atoms with van der Waals surface area (Å²) >= 11 is 1.18. The number of benzene rings is 1. The molecular formula is C13H13N3O4S2. The first-order valence-corrected chi connectivity index (χ1v) is 8.36. The van der Waals surface area contributed by atoms with Crippen LogP contribution in [0.15, 0.2) is 40.1 Å². The predicted molar refractivity (Wildman–Crippen MR) is 84.0 cm³/mol. The molecule has 0 aliphatic rings. The van der Waals surface area contributed by atoms with E-state index in [9.17, 15) is 18.5 Å². The fourth-order valence-corrected chi connectivity index (χ4v) is 3.97. The predicted octanol–water partition coefficient (Wildman–Crippen LogP) is 2.24. The first-order valence-electron chi connectivity index (χ1n) is 6.10. The van der Waals surface area contributed by atoms with Gasteiger partial charge < -0.3 is 4.57 Å². The summed E-state index contributed by atoms with van der Waals surface area (Å²) in [5.41, 5.74) is 0.544. The molecule has 2 rings (SSSR count). The molecular weight excluding hydrogens is 326 g/mol. The Morgan fingerprint density at radius 2 is 2.14 bits per heavy atom. The Hall–Kier alpha value is -2.26. The molecule has 1 aromatic heterocycles. The molecule has 116 valence electrons. The Kier molecular flexibility index (Phi) is 4.29. The summed E-state index contributed by atoms with van der Waals surface area (Å²) in [7, 11) is -2.33. The maximum absolute atomic E-state index is 12.3. The van der Waals surface area contributed by atoms with E-state index in [0.29, 0.717) is 0 Å². The van der Waals surface area contributed by atoms with Crippen LogP contribution in [0.1, 0.15) is 10.6 Å². The lowest BCUT2D eigenvalue weighted by Gasteiger charge is -1.99. The van der Waals surface area contributed by atoms with Crippen molar-refractivity contribution in [3.8, 4) is 0 Å². The largest absolute Gasteiger partial charge is 0.323 e. The lowest BCUT2D eigenvalue weighted by Crippen LogP contribution is -2.14. The van der Waals surface area contributed by atoms with Crippen LogP contribution in [0.5, 0.6) is 0 Å². The number of nitro groups is 1. The highest BCUT2D eigenvalue weighted by molar-refractivity contribution is 7.90. The molecule has 0 atom stereocenters. The number of hydrogen-bond donors (Lipinski definition) is 0. The molecule has 0 saturated heterocycles. The van der Waals surface area contributed by atoms with E-state index in [0.717, 1.165) is 16.6 Å². The molecule has 9 heteroatoms. The van der Waals surface area contributed by atoms with Crippen molar-refractivity contribution < 1.29 is 13.3 Å². The molecule has 0 spiro atoms. The molecule has 1 heterocycles. The van der Waals surface area contributed by atoms with Crippen LogP contribution in [-0.2, 0) is 17.1 Å². The Bertz CT molecular complexity index is 923. The Balaban J connectivity index is 2.61. The van der Waals surface area contributed by atoms with Crippen molar-refractivity contribution in [2.24, 2.45) is 11.4 Å². The Morgan fingerprint density at radius 1 is 1.45 bits per heavy atom. The number of thiazole rings is 1. The van der Waals surface area contributed by atoms with Gasteiger partial charge in [0.25, 0.3) is 15.7 Å². The number of rotatable bonds is 4. The maximum Gasteiger partial charge on any atom is 0.285 e. The number of nitrogens with zero attached hydrogens (tertiary/aromatic N) is 3. The van der Waals surface area contributed by atoms with Crippen molar-refractivity contribution in [3.63, 3.8) is 0 Å². The van der Waals surface area contributed by atoms with Crippen molar-refractivity contribution in [2.45, 2.75) is 11.8 Å². The standard InChI is InChI=1S/C13H13N3O4S2/c1-4-12-9(2)15(3)13(21-12)14-22(19,20)11-7-5-6-10(8-11)16(17)18/h4-8H,1H2,2-3H3/b14-13+. The third kappa shape index (κ3) is 3.00. The number of hydrogen-bond acceptors (Lipinski definition) is 5. The average molecular weight is 339 g/mol. The van der Waals surface area contributed by atoms with E-state index in [2.05, 4.69) is 11.0 Å². The fourth-order valence-electron chi connectivity index (χ4n) is 1.73. The van der Waals surface area contributed by atoms with Gasteiger partial charge in [0.05, 0.1) is 9.82 Å². The highest BCUT2D eigenvalue weighted by Gasteiger charge is 2.17. The van der Waals surface area contributed by atoms with Crippen LogP contribution in [0.25, 0.3) is 6.08 Å². The van der Waals surface area contributed by atoms with Crippen molar-refractivity contribution in [1.82, 2.24) is 4.57 Å². The zero-order valence-electron chi connectivity index (χ0n) is 11.9. The molecule has 0 unspecified atom stereocenters. The van der Waals surface area contributed by atoms with Gasteiger partial charge in [-0.2, -0.15) is 8.42 Å². The number of nitro benzene ring substituents is 1. The summed E-state index contributed by atoms with van der Waals surface area (Å²) in [5.74, 6) is 0. The number of aromatic nitrogens is 1. The number of sulfonamides is 1. The minimum absolute atomic E-state index is 0.215. The second kappa shape index (κ2) is 5.85. The van der Waals surface area contributed by atoms with Gasteiger partial charge in [-0.25, -0.2) is 0 Å². The van der Waals surface area contributed by atoms with Gasteiger partial charge in [-0.3, -0.25) is 10.1 Å². The average Bonchev–Trinajstić information content (AvgIpc) is 2.74. The molecule has 1 aromatic carbocycles. The third-order valence-corrected chi connectivity index (χ3v) is 5.67. The van der Waals surface area contributed by atoms with Crippen molar-refractivity contribution in [2.75, 3.05) is 0 Å². The molecule has 7 nitrogen and oxygen atoms in total. The molecule has 0 fully saturated rings. The van der Waals surface area contributed by atoms with Crippen molar-refractivity contribution in [1.29, 1.82) is 0 Å². The van der Waals surface area contributed by atoms with Gasteiger partial charge in [-0.05, 0) is 13.0 Å².